The maximum absolute atomic E-state index is 11.4. The van der Waals surface area contributed by atoms with Crippen LogP contribution < -0.4 is 0 Å². The Morgan fingerprint density at radius 1 is 0.383 bits per heavy atom. The van der Waals surface area contributed by atoms with Crippen LogP contribution in [0.25, 0.3) is 82.5 Å². The lowest BCUT2D eigenvalue weighted by molar-refractivity contribution is 1.09. The van der Waals surface area contributed by atoms with Crippen LogP contribution >= 0.6 is 0 Å². The number of nitrogens with zero attached hydrogens (tertiary/aromatic N) is 4. The molecule has 47 heavy (non-hydrogen) atoms. The molecular weight excluding hydrogens is 573 g/mol. The summed E-state index contributed by atoms with van der Waals surface area (Å²) in [6.45, 7) is 0. The predicted molar refractivity (Wildman–Crippen MR) is 194 cm³/mol. The highest BCUT2D eigenvalue weighted by molar-refractivity contribution is 6.16. The van der Waals surface area contributed by atoms with Gasteiger partial charge < -0.3 is 13.7 Å². The summed E-state index contributed by atoms with van der Waals surface area (Å²) >= 11 is 0. The molecule has 4 nitrogen and oxygen atoms in total. The molecule has 4 heteroatoms. The molecule has 0 spiro atoms. The monoisotopic (exact) mass is 598 g/mol. The highest BCUT2D eigenvalue weighted by atomic mass is 15.1. The van der Waals surface area contributed by atoms with E-state index in [-0.39, 0.29) is 0 Å². The van der Waals surface area contributed by atoms with Gasteiger partial charge in [-0.2, -0.15) is 5.26 Å². The second-order valence-corrected chi connectivity index (χ2v) is 12.1. The first-order valence-corrected chi connectivity index (χ1v) is 15.9. The normalized spacial score (nSPS) is 11.8. The molecule has 0 radical (unpaired) electrons. The number of nitriles is 1. The van der Waals surface area contributed by atoms with Crippen LogP contribution in [0, 0.1) is 11.3 Å². The molecule has 0 aliphatic carbocycles. The Bertz CT molecular complexity index is 2810. The van der Waals surface area contributed by atoms with E-state index in [1.54, 1.807) is 0 Å². The van der Waals surface area contributed by atoms with E-state index in [2.05, 4.69) is 171 Å². The van der Waals surface area contributed by atoms with Crippen LogP contribution in [0.5, 0.6) is 0 Å². The number of para-hydroxylation sites is 6. The zero-order chi connectivity index (χ0) is 31.1. The summed E-state index contributed by atoms with van der Waals surface area (Å²) < 4.78 is 6.93. The molecule has 0 N–H and O–H groups in total. The fraction of sp³-hybridized carbons (Fsp3) is 0. The standard InChI is InChI=1S/C43H26N4/c44-27-35-42-34(33-20-8-9-21-36(33)45(42)28-14-2-1-3-15-28)26-41(46-37-22-10-4-16-29(37)30-17-5-11-23-38(30)46)43(35)47-39-24-12-6-18-31(39)32-19-7-13-25-40(32)47/h1-26H. The summed E-state index contributed by atoms with van der Waals surface area (Å²) in [7, 11) is 0. The number of aromatic nitrogens is 3. The van der Waals surface area contributed by atoms with E-state index in [0.717, 1.165) is 71.7 Å². The van der Waals surface area contributed by atoms with E-state index >= 15 is 0 Å². The van der Waals surface area contributed by atoms with Crippen molar-refractivity contribution in [3.8, 4) is 23.1 Å². The molecule has 3 heterocycles. The highest BCUT2D eigenvalue weighted by Crippen LogP contribution is 2.44. The average Bonchev–Trinajstić information content (AvgIpc) is 3.77. The first kappa shape index (κ1) is 25.7. The van der Waals surface area contributed by atoms with Crippen molar-refractivity contribution in [3.63, 3.8) is 0 Å². The summed E-state index contributed by atoms with van der Waals surface area (Å²) in [5.74, 6) is 0. The lowest BCUT2D eigenvalue weighted by atomic mass is 10.0. The zero-order valence-corrected chi connectivity index (χ0v) is 25.3. The Morgan fingerprint density at radius 2 is 0.766 bits per heavy atom. The molecule has 3 aromatic heterocycles. The van der Waals surface area contributed by atoms with Crippen molar-refractivity contribution in [2.75, 3.05) is 0 Å². The third-order valence-electron chi connectivity index (χ3n) is 9.66. The van der Waals surface area contributed by atoms with Gasteiger partial charge in [-0.3, -0.25) is 0 Å². The second kappa shape index (κ2) is 9.71. The van der Waals surface area contributed by atoms with Crippen molar-refractivity contribution >= 4 is 65.4 Å². The molecule has 10 rings (SSSR count). The van der Waals surface area contributed by atoms with Crippen molar-refractivity contribution in [1.82, 2.24) is 13.7 Å². The Labute approximate surface area is 270 Å². The number of hydrogen-bond donors (Lipinski definition) is 0. The van der Waals surface area contributed by atoms with Crippen molar-refractivity contribution in [2.45, 2.75) is 0 Å². The van der Waals surface area contributed by atoms with Crippen LogP contribution in [0.3, 0.4) is 0 Å². The number of rotatable bonds is 3. The van der Waals surface area contributed by atoms with E-state index in [1.165, 1.54) is 10.8 Å². The number of fused-ring (bicyclic) bond motifs is 9. The third-order valence-corrected chi connectivity index (χ3v) is 9.66. The lowest BCUT2D eigenvalue weighted by Gasteiger charge is -2.20. The van der Waals surface area contributed by atoms with Gasteiger partial charge in [-0.05, 0) is 48.5 Å². The lowest BCUT2D eigenvalue weighted by Crippen LogP contribution is -2.08. The maximum atomic E-state index is 11.4. The van der Waals surface area contributed by atoms with Gasteiger partial charge in [0.1, 0.15) is 11.6 Å². The molecule has 7 aromatic carbocycles. The summed E-state index contributed by atoms with van der Waals surface area (Å²) in [6, 6.07) is 58.2. The molecule has 0 saturated heterocycles. The number of hydrogen-bond acceptors (Lipinski definition) is 1. The van der Waals surface area contributed by atoms with Crippen LogP contribution in [0.1, 0.15) is 5.56 Å². The molecule has 0 fully saturated rings. The topological polar surface area (TPSA) is 38.6 Å². The van der Waals surface area contributed by atoms with E-state index in [4.69, 9.17) is 0 Å². The Hall–Kier alpha value is -6.57. The van der Waals surface area contributed by atoms with Gasteiger partial charge in [0.05, 0.1) is 44.5 Å². The minimum absolute atomic E-state index is 0.630. The molecule has 0 amide bonds. The highest BCUT2D eigenvalue weighted by Gasteiger charge is 2.27. The Balaban J connectivity index is 1.51. The summed E-state index contributed by atoms with van der Waals surface area (Å²) in [5.41, 5.74) is 9.79. The predicted octanol–water partition coefficient (Wildman–Crippen LogP) is 10.8. The molecule has 0 saturated carbocycles. The molecule has 0 bridgehead atoms. The van der Waals surface area contributed by atoms with Crippen molar-refractivity contribution in [3.05, 3.63) is 163 Å². The second-order valence-electron chi connectivity index (χ2n) is 12.1. The fourth-order valence-corrected chi connectivity index (χ4v) is 7.80. The van der Waals surface area contributed by atoms with Crippen molar-refractivity contribution in [2.24, 2.45) is 0 Å². The maximum Gasteiger partial charge on any atom is 0.104 e. The zero-order valence-electron chi connectivity index (χ0n) is 25.3. The van der Waals surface area contributed by atoms with E-state index in [1.807, 2.05) is 6.07 Å². The average molecular weight is 599 g/mol. The summed E-state index contributed by atoms with van der Waals surface area (Å²) in [4.78, 5) is 0. The molecule has 0 atom stereocenters. The number of benzene rings is 7. The van der Waals surface area contributed by atoms with Gasteiger partial charge in [0.2, 0.25) is 0 Å². The molecule has 0 aliphatic rings. The van der Waals surface area contributed by atoms with Crippen molar-refractivity contribution in [1.29, 1.82) is 5.26 Å². The smallest absolute Gasteiger partial charge is 0.104 e. The molecule has 218 valence electrons. The van der Waals surface area contributed by atoms with Gasteiger partial charge in [-0.15, -0.1) is 0 Å². The molecular formula is C43H26N4. The van der Waals surface area contributed by atoms with Gasteiger partial charge in [-0.1, -0.05) is 109 Å². The van der Waals surface area contributed by atoms with Gasteiger partial charge >= 0.3 is 0 Å². The minimum Gasteiger partial charge on any atom is -0.308 e. The van der Waals surface area contributed by atoms with Gasteiger partial charge in [-0.25, -0.2) is 0 Å². The SMILES string of the molecule is N#Cc1c(-n2c3ccccc3c3ccccc32)c(-n2c3ccccc3c3ccccc32)cc2c3ccccc3n(-c3ccccc3)c12. The van der Waals surface area contributed by atoms with E-state index < -0.39 is 0 Å². The van der Waals surface area contributed by atoms with Crippen LogP contribution in [-0.2, 0) is 0 Å². The Morgan fingerprint density at radius 3 is 1.23 bits per heavy atom. The first-order chi connectivity index (χ1) is 23.3. The summed E-state index contributed by atoms with van der Waals surface area (Å²) in [5, 5.41) is 18.2. The fourth-order valence-electron chi connectivity index (χ4n) is 7.80. The van der Waals surface area contributed by atoms with Gasteiger partial charge in [0.25, 0.3) is 0 Å². The van der Waals surface area contributed by atoms with Crippen LogP contribution in [0.2, 0.25) is 0 Å². The largest absolute Gasteiger partial charge is 0.308 e. The first-order valence-electron chi connectivity index (χ1n) is 15.9. The van der Waals surface area contributed by atoms with E-state index in [0.29, 0.717) is 5.56 Å². The van der Waals surface area contributed by atoms with Gasteiger partial charge in [0.15, 0.2) is 0 Å². The van der Waals surface area contributed by atoms with Gasteiger partial charge in [0, 0.05) is 38.0 Å². The van der Waals surface area contributed by atoms with E-state index in [9.17, 15) is 5.26 Å². The third kappa shape index (κ3) is 3.46. The van der Waals surface area contributed by atoms with Crippen LogP contribution in [-0.4, -0.2) is 13.7 Å². The minimum atomic E-state index is 0.630. The van der Waals surface area contributed by atoms with Crippen LogP contribution in [0.4, 0.5) is 0 Å². The molecule has 10 aromatic rings. The quantitative estimate of drug-likeness (QED) is 0.199. The molecule has 0 unspecified atom stereocenters. The molecule has 0 aliphatic heterocycles. The summed E-state index contributed by atoms with van der Waals surface area (Å²) in [6.07, 6.45) is 0. The van der Waals surface area contributed by atoms with Crippen LogP contribution in [0.15, 0.2) is 158 Å². The Kier molecular flexibility index (Phi) is 5.32. The van der Waals surface area contributed by atoms with Crippen molar-refractivity contribution < 1.29 is 0 Å².